The highest BCUT2D eigenvalue weighted by molar-refractivity contribution is 9.10. The van der Waals surface area contributed by atoms with Crippen LogP contribution in [0.5, 0.6) is 0 Å². The number of carboxylic acid groups (broad SMARTS) is 1. The number of hydrogen-bond donors (Lipinski definition) is 2. The minimum absolute atomic E-state index is 0.0528. The molecule has 0 radical (unpaired) electrons. The van der Waals surface area contributed by atoms with Crippen LogP contribution in [-0.4, -0.2) is 17.0 Å². The van der Waals surface area contributed by atoms with Gasteiger partial charge in [-0.2, -0.15) is 0 Å². The molecule has 0 saturated carbocycles. The van der Waals surface area contributed by atoms with Gasteiger partial charge in [0.15, 0.2) is 0 Å². The zero-order valence-corrected chi connectivity index (χ0v) is 12.4. The summed E-state index contributed by atoms with van der Waals surface area (Å²) < 4.78 is 13.9. The molecule has 104 valence electrons. The Morgan fingerprint density at radius 3 is 2.37 bits per heavy atom. The molecule has 0 aromatic heterocycles. The van der Waals surface area contributed by atoms with E-state index in [1.165, 1.54) is 12.1 Å². The van der Waals surface area contributed by atoms with Crippen molar-refractivity contribution >= 4 is 33.5 Å². The van der Waals surface area contributed by atoms with Crippen LogP contribution in [0.25, 0.3) is 0 Å². The Morgan fingerprint density at radius 1 is 1.37 bits per heavy atom. The van der Waals surface area contributed by atoms with Crippen LogP contribution in [0, 0.1) is 17.2 Å². The van der Waals surface area contributed by atoms with Crippen molar-refractivity contribution in [1.82, 2.24) is 0 Å². The summed E-state index contributed by atoms with van der Waals surface area (Å²) in [6, 6.07) is 4.23. The molecule has 0 bridgehead atoms. The maximum Gasteiger partial charge on any atom is 0.316 e. The number of rotatable bonds is 3. The summed E-state index contributed by atoms with van der Waals surface area (Å²) in [6.07, 6.45) is 0. The highest BCUT2D eigenvalue weighted by Crippen LogP contribution is 2.30. The zero-order chi connectivity index (χ0) is 14.8. The van der Waals surface area contributed by atoms with Gasteiger partial charge in [-0.05, 0) is 33.5 Å². The molecule has 4 nitrogen and oxygen atoms in total. The van der Waals surface area contributed by atoms with Crippen molar-refractivity contribution < 1.29 is 19.1 Å². The van der Waals surface area contributed by atoms with Gasteiger partial charge in [-0.25, -0.2) is 4.39 Å². The molecule has 0 fully saturated rings. The van der Waals surface area contributed by atoms with E-state index in [0.717, 1.165) is 0 Å². The van der Waals surface area contributed by atoms with Crippen LogP contribution in [-0.2, 0) is 9.59 Å². The fraction of sp³-hybridized carbons (Fsp3) is 0.385. The summed E-state index contributed by atoms with van der Waals surface area (Å²) in [7, 11) is 0. The van der Waals surface area contributed by atoms with Crippen molar-refractivity contribution in [2.45, 2.75) is 20.8 Å². The first-order chi connectivity index (χ1) is 8.64. The van der Waals surface area contributed by atoms with Gasteiger partial charge in [0, 0.05) is 4.47 Å². The van der Waals surface area contributed by atoms with E-state index >= 15 is 0 Å². The second kappa shape index (κ2) is 5.69. The molecule has 0 aliphatic rings. The molecule has 1 aromatic rings. The first-order valence-corrected chi connectivity index (χ1v) is 6.41. The third kappa shape index (κ3) is 3.76. The summed E-state index contributed by atoms with van der Waals surface area (Å²) in [5, 5.41) is 11.5. The summed E-state index contributed by atoms with van der Waals surface area (Å²) >= 11 is 3.11. The Bertz CT molecular complexity index is 491. The SMILES string of the molecule is CC(C)(C)C(C(=O)O)C(=O)Nc1c(F)cccc1Br. The van der Waals surface area contributed by atoms with E-state index in [-0.39, 0.29) is 5.69 Å². The van der Waals surface area contributed by atoms with E-state index in [2.05, 4.69) is 21.2 Å². The molecular weight excluding hydrogens is 317 g/mol. The average molecular weight is 332 g/mol. The topological polar surface area (TPSA) is 66.4 Å². The van der Waals surface area contributed by atoms with Gasteiger partial charge in [0.2, 0.25) is 5.91 Å². The number of hydrogen-bond acceptors (Lipinski definition) is 2. The summed E-state index contributed by atoms with van der Waals surface area (Å²) in [5.74, 6) is -3.87. The molecule has 0 saturated heterocycles. The minimum atomic E-state index is -1.26. The van der Waals surface area contributed by atoms with E-state index in [4.69, 9.17) is 5.11 Å². The highest BCUT2D eigenvalue weighted by Gasteiger charge is 2.38. The lowest BCUT2D eigenvalue weighted by molar-refractivity contribution is -0.149. The predicted molar refractivity (Wildman–Crippen MR) is 73.3 cm³/mol. The molecule has 19 heavy (non-hydrogen) atoms. The minimum Gasteiger partial charge on any atom is -0.481 e. The number of amides is 1. The summed E-state index contributed by atoms with van der Waals surface area (Å²) in [6.45, 7) is 4.92. The van der Waals surface area contributed by atoms with E-state index < -0.39 is 29.0 Å². The normalized spacial score (nSPS) is 12.9. The quantitative estimate of drug-likeness (QED) is 0.835. The first kappa shape index (κ1) is 15.6. The number of halogens is 2. The number of aliphatic carboxylic acids is 1. The van der Waals surface area contributed by atoms with Gasteiger partial charge in [0.1, 0.15) is 11.7 Å². The van der Waals surface area contributed by atoms with E-state index in [1.54, 1.807) is 26.8 Å². The standard InChI is InChI=1S/C13H15BrFNO3/c1-13(2,3)9(12(18)19)11(17)16-10-7(14)5-4-6-8(10)15/h4-6,9H,1-3H3,(H,16,17)(H,18,19). The maximum absolute atomic E-state index is 13.6. The van der Waals surface area contributed by atoms with Crippen LogP contribution in [0.2, 0.25) is 0 Å². The number of anilines is 1. The molecular formula is C13H15BrFNO3. The van der Waals surface area contributed by atoms with Gasteiger partial charge in [0.25, 0.3) is 0 Å². The van der Waals surface area contributed by atoms with Crippen LogP contribution >= 0.6 is 15.9 Å². The fourth-order valence-corrected chi connectivity index (χ4v) is 2.13. The largest absolute Gasteiger partial charge is 0.481 e. The summed E-state index contributed by atoms with van der Waals surface area (Å²) in [4.78, 5) is 23.2. The van der Waals surface area contributed by atoms with Gasteiger partial charge in [-0.15, -0.1) is 0 Å². The first-order valence-electron chi connectivity index (χ1n) is 5.62. The van der Waals surface area contributed by atoms with Crippen LogP contribution < -0.4 is 5.32 Å². The van der Waals surface area contributed by atoms with Crippen LogP contribution in [0.15, 0.2) is 22.7 Å². The maximum atomic E-state index is 13.6. The molecule has 6 heteroatoms. The lowest BCUT2D eigenvalue weighted by Crippen LogP contribution is -2.39. The van der Waals surface area contributed by atoms with Crippen molar-refractivity contribution in [3.8, 4) is 0 Å². The van der Waals surface area contributed by atoms with Crippen molar-refractivity contribution in [3.05, 3.63) is 28.5 Å². The highest BCUT2D eigenvalue weighted by atomic mass is 79.9. The molecule has 0 heterocycles. The second-order valence-corrected chi connectivity index (χ2v) is 6.08. The molecule has 1 amide bonds. The molecule has 1 aromatic carbocycles. The Hall–Kier alpha value is -1.43. The van der Waals surface area contributed by atoms with Gasteiger partial charge in [-0.3, -0.25) is 9.59 Å². The number of carbonyl (C=O) groups excluding carboxylic acids is 1. The van der Waals surface area contributed by atoms with E-state index in [0.29, 0.717) is 4.47 Å². The van der Waals surface area contributed by atoms with Crippen molar-refractivity contribution in [1.29, 1.82) is 0 Å². The third-order valence-corrected chi connectivity index (χ3v) is 3.25. The van der Waals surface area contributed by atoms with Crippen LogP contribution in [0.3, 0.4) is 0 Å². The Kier molecular flexibility index (Phi) is 4.68. The van der Waals surface area contributed by atoms with Gasteiger partial charge < -0.3 is 10.4 Å². The Morgan fingerprint density at radius 2 is 1.95 bits per heavy atom. The smallest absolute Gasteiger partial charge is 0.316 e. The fourth-order valence-electron chi connectivity index (χ4n) is 1.69. The van der Waals surface area contributed by atoms with Crippen LogP contribution in [0.4, 0.5) is 10.1 Å². The van der Waals surface area contributed by atoms with Gasteiger partial charge >= 0.3 is 5.97 Å². The van der Waals surface area contributed by atoms with Gasteiger partial charge in [-0.1, -0.05) is 26.8 Å². The van der Waals surface area contributed by atoms with E-state index in [9.17, 15) is 14.0 Å². The number of carbonyl (C=O) groups is 2. The third-order valence-electron chi connectivity index (χ3n) is 2.59. The predicted octanol–water partition coefficient (Wildman–Crippen LogP) is 3.27. The summed E-state index contributed by atoms with van der Waals surface area (Å²) in [5.41, 5.74) is -0.823. The molecule has 0 aliphatic heterocycles. The van der Waals surface area contributed by atoms with Crippen molar-refractivity contribution in [2.24, 2.45) is 11.3 Å². The molecule has 0 spiro atoms. The molecule has 1 unspecified atom stereocenters. The number of para-hydroxylation sites is 1. The average Bonchev–Trinajstić information content (AvgIpc) is 2.21. The van der Waals surface area contributed by atoms with E-state index in [1.807, 2.05) is 0 Å². The molecule has 1 rings (SSSR count). The number of benzene rings is 1. The number of nitrogens with one attached hydrogen (secondary N) is 1. The molecule has 0 aliphatic carbocycles. The zero-order valence-electron chi connectivity index (χ0n) is 10.8. The Balaban J connectivity index is 3.05. The van der Waals surface area contributed by atoms with Crippen LogP contribution in [0.1, 0.15) is 20.8 Å². The lowest BCUT2D eigenvalue weighted by atomic mass is 9.80. The monoisotopic (exact) mass is 331 g/mol. The van der Waals surface area contributed by atoms with Gasteiger partial charge in [0.05, 0.1) is 5.69 Å². The molecule has 2 N–H and O–H groups in total. The molecule has 1 atom stereocenters. The number of carboxylic acids is 1. The lowest BCUT2D eigenvalue weighted by Gasteiger charge is -2.26. The second-order valence-electron chi connectivity index (χ2n) is 5.22. The van der Waals surface area contributed by atoms with Crippen molar-refractivity contribution in [2.75, 3.05) is 5.32 Å². The Labute approximate surface area is 119 Å². The van der Waals surface area contributed by atoms with Crippen molar-refractivity contribution in [3.63, 3.8) is 0 Å².